The normalized spacial score (nSPS) is 29.3. The summed E-state index contributed by atoms with van der Waals surface area (Å²) in [6.07, 6.45) is 0.0940. The lowest BCUT2D eigenvalue weighted by molar-refractivity contribution is 0.293. The molecule has 1 fully saturated rings. The summed E-state index contributed by atoms with van der Waals surface area (Å²) in [6.45, 7) is 2.97. The second-order valence-electron chi connectivity index (χ2n) is 2.48. The average Bonchev–Trinajstić information content (AvgIpc) is 2.17. The summed E-state index contributed by atoms with van der Waals surface area (Å²) in [6, 6.07) is 0. The molecule has 1 heterocycles. The van der Waals surface area contributed by atoms with Gasteiger partial charge in [-0.05, 0) is 6.42 Å². The molecule has 9 heavy (non-hydrogen) atoms. The number of rotatable bonds is 2. The third-order valence-corrected chi connectivity index (χ3v) is 1.66. The summed E-state index contributed by atoms with van der Waals surface area (Å²) >= 11 is 0. The van der Waals surface area contributed by atoms with Crippen LogP contribution in [0.3, 0.4) is 0 Å². The molecule has 1 aliphatic heterocycles. The molecular formula is C6H13FN2. The van der Waals surface area contributed by atoms with Crippen molar-refractivity contribution >= 4 is 0 Å². The van der Waals surface area contributed by atoms with E-state index in [9.17, 15) is 4.39 Å². The largest absolute Gasteiger partial charge is 0.329 e. The fraction of sp³-hybridized carbons (Fsp3) is 1.00. The van der Waals surface area contributed by atoms with Gasteiger partial charge in [-0.15, -0.1) is 0 Å². The van der Waals surface area contributed by atoms with E-state index in [0.29, 0.717) is 19.5 Å². The van der Waals surface area contributed by atoms with Crippen LogP contribution in [0.1, 0.15) is 6.42 Å². The Hall–Kier alpha value is -0.150. The smallest absolute Gasteiger partial charge is 0.114 e. The van der Waals surface area contributed by atoms with Crippen molar-refractivity contribution in [3.05, 3.63) is 0 Å². The van der Waals surface area contributed by atoms with Gasteiger partial charge in [-0.2, -0.15) is 0 Å². The lowest BCUT2D eigenvalue weighted by Gasteiger charge is -2.11. The summed E-state index contributed by atoms with van der Waals surface area (Å²) in [7, 11) is 0. The second kappa shape index (κ2) is 3.13. The van der Waals surface area contributed by atoms with Crippen LogP contribution in [0.2, 0.25) is 0 Å². The van der Waals surface area contributed by atoms with E-state index in [2.05, 4.69) is 4.90 Å². The van der Waals surface area contributed by atoms with Crippen LogP contribution in [0.15, 0.2) is 0 Å². The highest BCUT2D eigenvalue weighted by atomic mass is 19.1. The van der Waals surface area contributed by atoms with Gasteiger partial charge in [-0.1, -0.05) is 0 Å². The maximum atomic E-state index is 12.4. The predicted octanol–water partition coefficient (Wildman–Crippen LogP) is -0.0111. The Labute approximate surface area is 54.8 Å². The molecule has 3 heteroatoms. The van der Waals surface area contributed by atoms with Gasteiger partial charge in [0.05, 0.1) is 0 Å². The third kappa shape index (κ3) is 1.91. The molecule has 0 spiro atoms. The fourth-order valence-electron chi connectivity index (χ4n) is 1.17. The molecule has 54 valence electrons. The quantitative estimate of drug-likeness (QED) is 0.572. The number of likely N-dealkylation sites (tertiary alicyclic amines) is 1. The van der Waals surface area contributed by atoms with E-state index in [1.165, 1.54) is 0 Å². The van der Waals surface area contributed by atoms with E-state index >= 15 is 0 Å². The van der Waals surface area contributed by atoms with Crippen LogP contribution in [-0.4, -0.2) is 37.3 Å². The molecular weight excluding hydrogens is 119 g/mol. The van der Waals surface area contributed by atoms with Crippen LogP contribution in [0, 0.1) is 0 Å². The number of hydrogen-bond donors (Lipinski definition) is 1. The molecule has 0 unspecified atom stereocenters. The molecule has 2 nitrogen and oxygen atoms in total. The Morgan fingerprint density at radius 3 is 2.89 bits per heavy atom. The molecule has 1 atom stereocenters. The maximum absolute atomic E-state index is 12.4. The van der Waals surface area contributed by atoms with Crippen LogP contribution in [-0.2, 0) is 0 Å². The van der Waals surface area contributed by atoms with E-state index in [1.807, 2.05) is 0 Å². The standard InChI is InChI=1S/C6H13FN2/c7-6-1-3-9(5-6)4-2-8/h6H,1-5,8H2/t6-/m1/s1. The van der Waals surface area contributed by atoms with Gasteiger partial charge in [0.1, 0.15) is 6.17 Å². The van der Waals surface area contributed by atoms with Gasteiger partial charge in [-0.3, -0.25) is 4.90 Å². The van der Waals surface area contributed by atoms with Crippen molar-refractivity contribution in [2.24, 2.45) is 5.73 Å². The Kier molecular flexibility index (Phi) is 2.42. The average molecular weight is 132 g/mol. The van der Waals surface area contributed by atoms with E-state index in [1.54, 1.807) is 0 Å². The molecule has 0 saturated carbocycles. The Morgan fingerprint density at radius 1 is 1.67 bits per heavy atom. The summed E-state index contributed by atoms with van der Waals surface area (Å²) in [5, 5.41) is 0. The van der Waals surface area contributed by atoms with Gasteiger partial charge in [0.15, 0.2) is 0 Å². The predicted molar refractivity (Wildman–Crippen MR) is 35.0 cm³/mol. The zero-order chi connectivity index (χ0) is 6.69. The van der Waals surface area contributed by atoms with Crippen molar-refractivity contribution < 1.29 is 4.39 Å². The van der Waals surface area contributed by atoms with Crippen LogP contribution in [0.5, 0.6) is 0 Å². The molecule has 0 aromatic heterocycles. The van der Waals surface area contributed by atoms with Crippen LogP contribution < -0.4 is 5.73 Å². The highest BCUT2D eigenvalue weighted by Gasteiger charge is 2.20. The topological polar surface area (TPSA) is 29.3 Å². The minimum absolute atomic E-state index is 0.594. The minimum Gasteiger partial charge on any atom is -0.329 e. The molecule has 0 aromatic carbocycles. The maximum Gasteiger partial charge on any atom is 0.114 e. The summed E-state index contributed by atoms with van der Waals surface area (Å²) in [5.74, 6) is 0. The van der Waals surface area contributed by atoms with Crippen molar-refractivity contribution in [1.82, 2.24) is 4.90 Å². The molecule has 0 radical (unpaired) electrons. The van der Waals surface area contributed by atoms with E-state index in [4.69, 9.17) is 5.73 Å². The fourth-order valence-corrected chi connectivity index (χ4v) is 1.17. The summed E-state index contributed by atoms with van der Waals surface area (Å²) in [4.78, 5) is 2.06. The number of nitrogens with zero attached hydrogens (tertiary/aromatic N) is 1. The first-order chi connectivity index (χ1) is 4.33. The Morgan fingerprint density at radius 2 is 2.44 bits per heavy atom. The van der Waals surface area contributed by atoms with Gasteiger partial charge in [-0.25, -0.2) is 4.39 Å². The van der Waals surface area contributed by atoms with Gasteiger partial charge in [0.2, 0.25) is 0 Å². The van der Waals surface area contributed by atoms with Gasteiger partial charge >= 0.3 is 0 Å². The highest BCUT2D eigenvalue weighted by Crippen LogP contribution is 2.10. The molecule has 0 amide bonds. The lowest BCUT2D eigenvalue weighted by Crippen LogP contribution is -2.27. The highest BCUT2D eigenvalue weighted by molar-refractivity contribution is 4.74. The lowest BCUT2D eigenvalue weighted by atomic mass is 10.3. The second-order valence-corrected chi connectivity index (χ2v) is 2.48. The van der Waals surface area contributed by atoms with E-state index in [-0.39, 0.29) is 0 Å². The third-order valence-electron chi connectivity index (χ3n) is 1.66. The van der Waals surface area contributed by atoms with E-state index in [0.717, 1.165) is 13.1 Å². The number of hydrogen-bond acceptors (Lipinski definition) is 2. The minimum atomic E-state index is -0.600. The molecule has 0 bridgehead atoms. The Bertz CT molecular complexity index is 85.1. The number of nitrogens with two attached hydrogens (primary N) is 1. The number of alkyl halides is 1. The SMILES string of the molecule is NCCN1CC[C@@H](F)C1. The molecule has 1 aliphatic rings. The van der Waals surface area contributed by atoms with Crippen molar-refractivity contribution in [2.75, 3.05) is 26.2 Å². The van der Waals surface area contributed by atoms with Gasteiger partial charge in [0, 0.05) is 26.2 Å². The van der Waals surface area contributed by atoms with Gasteiger partial charge in [0.25, 0.3) is 0 Å². The van der Waals surface area contributed by atoms with Crippen molar-refractivity contribution in [2.45, 2.75) is 12.6 Å². The first-order valence-corrected chi connectivity index (χ1v) is 3.39. The first-order valence-electron chi connectivity index (χ1n) is 3.39. The molecule has 0 aromatic rings. The zero-order valence-electron chi connectivity index (χ0n) is 5.52. The monoisotopic (exact) mass is 132 g/mol. The van der Waals surface area contributed by atoms with Crippen LogP contribution in [0.25, 0.3) is 0 Å². The van der Waals surface area contributed by atoms with Crippen LogP contribution >= 0.6 is 0 Å². The van der Waals surface area contributed by atoms with Crippen molar-refractivity contribution in [3.63, 3.8) is 0 Å². The molecule has 0 aliphatic carbocycles. The summed E-state index contributed by atoms with van der Waals surface area (Å²) in [5.41, 5.74) is 5.29. The molecule has 2 N–H and O–H groups in total. The van der Waals surface area contributed by atoms with Crippen molar-refractivity contribution in [3.8, 4) is 0 Å². The Balaban J connectivity index is 2.14. The summed E-state index contributed by atoms with van der Waals surface area (Å²) < 4.78 is 12.4. The number of halogens is 1. The molecule has 1 saturated heterocycles. The first kappa shape index (κ1) is 6.96. The van der Waals surface area contributed by atoms with Gasteiger partial charge < -0.3 is 5.73 Å². The van der Waals surface area contributed by atoms with Crippen LogP contribution in [0.4, 0.5) is 4.39 Å². The molecule has 1 rings (SSSR count). The van der Waals surface area contributed by atoms with E-state index < -0.39 is 6.17 Å². The zero-order valence-corrected chi connectivity index (χ0v) is 5.52. The van der Waals surface area contributed by atoms with Crippen molar-refractivity contribution in [1.29, 1.82) is 0 Å².